The van der Waals surface area contributed by atoms with Gasteiger partial charge in [-0.1, -0.05) is 41.1 Å². The van der Waals surface area contributed by atoms with Gasteiger partial charge in [0.25, 0.3) is 0 Å². The number of rotatable bonds is 7. The van der Waals surface area contributed by atoms with Gasteiger partial charge in [-0.25, -0.2) is 8.42 Å². The van der Waals surface area contributed by atoms with Crippen LogP contribution in [0.3, 0.4) is 0 Å². The summed E-state index contributed by atoms with van der Waals surface area (Å²) in [7, 11) is -6.14. The first-order valence-electron chi connectivity index (χ1n) is 10.2. The highest BCUT2D eigenvalue weighted by Gasteiger charge is 2.49. The molecule has 0 saturated carbocycles. The number of sulfonamides is 1. The molecule has 0 saturated heterocycles. The van der Waals surface area contributed by atoms with E-state index in [2.05, 4.69) is 26.5 Å². The number of aliphatic hydroxyl groups is 1. The number of nitrogens with one attached hydrogen (secondary N) is 3. The molecule has 1 aliphatic heterocycles. The molecule has 4 rings (SSSR count). The van der Waals surface area contributed by atoms with Crippen LogP contribution < -0.4 is 15.5 Å². The lowest BCUT2D eigenvalue weighted by Gasteiger charge is -2.40. The minimum absolute atomic E-state index is 0.0778. The van der Waals surface area contributed by atoms with Crippen LogP contribution in [0.2, 0.25) is 0 Å². The molecule has 0 amide bonds. The van der Waals surface area contributed by atoms with Gasteiger partial charge in [-0.3, -0.25) is 18.6 Å². The summed E-state index contributed by atoms with van der Waals surface area (Å²) in [5.41, 5.74) is 2.04. The molecule has 1 aliphatic carbocycles. The molecule has 186 valence electrons. The number of aliphatic hydroxyl groups excluding tert-OH is 1. The van der Waals surface area contributed by atoms with E-state index in [0.717, 1.165) is 6.26 Å². The van der Waals surface area contributed by atoms with Crippen LogP contribution in [0.4, 0.5) is 11.4 Å². The van der Waals surface area contributed by atoms with Crippen LogP contribution in [0.15, 0.2) is 70.0 Å². The van der Waals surface area contributed by atoms with Gasteiger partial charge in [-0.05, 0) is 30.2 Å². The Bertz CT molecular complexity index is 1400. The smallest absolute Gasteiger partial charge is 0.229 e. The van der Waals surface area contributed by atoms with Crippen molar-refractivity contribution in [1.82, 2.24) is 5.48 Å². The van der Waals surface area contributed by atoms with E-state index in [1.807, 2.05) is 0 Å². The van der Waals surface area contributed by atoms with Gasteiger partial charge in [-0.2, -0.15) is 5.48 Å². The van der Waals surface area contributed by atoms with Crippen molar-refractivity contribution in [3.05, 3.63) is 71.8 Å². The number of nitrogens with zero attached hydrogens (tertiary/aromatic N) is 1. The first kappa shape index (κ1) is 24.9. The number of carbonyl (C=O) groups excluding carboxylic acids is 1. The second-order valence-electron chi connectivity index (χ2n) is 7.97. The first-order valence-corrected chi connectivity index (χ1v) is 13.6. The second-order valence-corrected chi connectivity index (χ2v) is 11.4. The van der Waals surface area contributed by atoms with Crippen molar-refractivity contribution in [1.29, 1.82) is 0 Å². The Morgan fingerprint density at radius 2 is 1.97 bits per heavy atom. The van der Waals surface area contributed by atoms with Gasteiger partial charge in [-0.15, -0.1) is 11.0 Å². The van der Waals surface area contributed by atoms with E-state index in [1.54, 1.807) is 24.3 Å². The third-order valence-electron chi connectivity index (χ3n) is 5.51. The van der Waals surface area contributed by atoms with E-state index in [1.165, 1.54) is 31.4 Å². The molecular formula is C22H24N4O7S2. The summed E-state index contributed by atoms with van der Waals surface area (Å²) in [6, 6.07) is 10.7. The SMILES string of the molecule is C=CCC1(NOC)C(=O)C(C2=NS(O)(O)c3cc(NS(C)(=O)=O)ccc3N2)=C(O)c2ccccc21. The molecule has 11 nitrogen and oxygen atoms in total. The lowest BCUT2D eigenvalue weighted by Crippen LogP contribution is -2.53. The normalized spacial score (nSPS) is 21.8. The monoisotopic (exact) mass is 520 g/mol. The number of benzene rings is 2. The van der Waals surface area contributed by atoms with Crippen molar-refractivity contribution < 1.29 is 32.3 Å². The van der Waals surface area contributed by atoms with Crippen molar-refractivity contribution in [2.24, 2.45) is 4.40 Å². The van der Waals surface area contributed by atoms with Crippen LogP contribution in [0, 0.1) is 0 Å². The maximum atomic E-state index is 13.9. The van der Waals surface area contributed by atoms with Gasteiger partial charge in [0.2, 0.25) is 10.0 Å². The highest BCUT2D eigenvalue weighted by Crippen LogP contribution is 2.57. The van der Waals surface area contributed by atoms with Gasteiger partial charge in [0.05, 0.1) is 24.7 Å². The van der Waals surface area contributed by atoms with Gasteiger partial charge < -0.3 is 15.3 Å². The minimum atomic E-state index is -3.88. The van der Waals surface area contributed by atoms with E-state index < -0.39 is 37.9 Å². The largest absolute Gasteiger partial charge is 0.506 e. The number of fused-ring (bicyclic) bond motifs is 2. The molecule has 0 fully saturated rings. The predicted molar refractivity (Wildman–Crippen MR) is 135 cm³/mol. The molecule has 0 aromatic heterocycles. The Morgan fingerprint density at radius 1 is 1.26 bits per heavy atom. The van der Waals surface area contributed by atoms with Crippen LogP contribution in [0.1, 0.15) is 17.5 Å². The average molecular weight is 521 g/mol. The molecule has 1 heterocycles. The van der Waals surface area contributed by atoms with Gasteiger partial charge >= 0.3 is 0 Å². The highest BCUT2D eigenvalue weighted by atomic mass is 32.3. The molecule has 6 N–H and O–H groups in total. The zero-order chi connectivity index (χ0) is 25.6. The number of amidine groups is 1. The summed E-state index contributed by atoms with van der Waals surface area (Å²) >= 11 is 0. The number of anilines is 2. The Kier molecular flexibility index (Phi) is 6.25. The molecule has 1 atom stereocenters. The highest BCUT2D eigenvalue weighted by molar-refractivity contribution is 8.23. The summed E-state index contributed by atoms with van der Waals surface area (Å²) in [6.45, 7) is 3.74. The second kappa shape index (κ2) is 8.78. The summed E-state index contributed by atoms with van der Waals surface area (Å²) in [4.78, 5) is 18.9. The maximum Gasteiger partial charge on any atom is 0.229 e. The van der Waals surface area contributed by atoms with E-state index in [4.69, 9.17) is 4.84 Å². The quantitative estimate of drug-likeness (QED) is 0.237. The lowest BCUT2D eigenvalue weighted by atomic mass is 9.73. The summed E-state index contributed by atoms with van der Waals surface area (Å²) in [5.74, 6) is -1.29. The van der Waals surface area contributed by atoms with Gasteiger partial charge in [0.1, 0.15) is 21.8 Å². The molecule has 0 radical (unpaired) electrons. The Hall–Kier alpha value is -3.20. The molecular weight excluding hydrogens is 496 g/mol. The van der Waals surface area contributed by atoms with Crippen molar-refractivity contribution in [3.8, 4) is 0 Å². The van der Waals surface area contributed by atoms with Crippen LogP contribution >= 0.6 is 10.8 Å². The molecule has 2 aromatic rings. The number of ketones is 1. The Morgan fingerprint density at radius 3 is 2.63 bits per heavy atom. The zero-order valence-electron chi connectivity index (χ0n) is 18.8. The van der Waals surface area contributed by atoms with Crippen LogP contribution in [0.5, 0.6) is 0 Å². The molecule has 2 aliphatic rings. The Labute approximate surface area is 203 Å². The van der Waals surface area contributed by atoms with Crippen molar-refractivity contribution in [2.75, 3.05) is 23.4 Å². The number of hydrogen-bond donors (Lipinski definition) is 6. The topological polar surface area (TPSA) is 170 Å². The number of hydrogen-bond acceptors (Lipinski definition) is 10. The fourth-order valence-corrected chi connectivity index (χ4v) is 5.90. The van der Waals surface area contributed by atoms with Crippen molar-refractivity contribution in [2.45, 2.75) is 16.9 Å². The van der Waals surface area contributed by atoms with E-state index in [9.17, 15) is 27.4 Å². The van der Waals surface area contributed by atoms with Crippen LogP contribution in [-0.4, -0.2) is 47.6 Å². The van der Waals surface area contributed by atoms with Crippen molar-refractivity contribution in [3.63, 3.8) is 0 Å². The number of hydroxylamine groups is 1. The average Bonchev–Trinajstić information content (AvgIpc) is 2.77. The first-order chi connectivity index (χ1) is 16.4. The third kappa shape index (κ3) is 4.33. The number of Topliss-reactive ketones (excluding diaryl/α,β-unsaturated/α-hetero) is 1. The zero-order valence-corrected chi connectivity index (χ0v) is 20.4. The minimum Gasteiger partial charge on any atom is -0.506 e. The molecule has 1 unspecified atom stereocenters. The predicted octanol–water partition coefficient (Wildman–Crippen LogP) is 3.38. The third-order valence-corrected chi connectivity index (χ3v) is 7.48. The fourth-order valence-electron chi connectivity index (χ4n) is 4.16. The van der Waals surface area contributed by atoms with Crippen LogP contribution in [-0.2, 0) is 25.2 Å². The molecule has 0 bridgehead atoms. The summed E-state index contributed by atoms with van der Waals surface area (Å²) in [5, 5.41) is 14.0. The van der Waals surface area contributed by atoms with Crippen molar-refractivity contribution >= 4 is 49.6 Å². The molecule has 2 aromatic carbocycles. The summed E-state index contributed by atoms with van der Waals surface area (Å²) in [6.07, 6.45) is 2.58. The Balaban J connectivity index is 1.88. The molecule has 35 heavy (non-hydrogen) atoms. The van der Waals surface area contributed by atoms with Gasteiger partial charge in [0.15, 0.2) is 11.6 Å². The summed E-state index contributed by atoms with van der Waals surface area (Å²) < 4.78 is 51.0. The maximum absolute atomic E-state index is 13.9. The van der Waals surface area contributed by atoms with Gasteiger partial charge in [0, 0.05) is 5.56 Å². The lowest BCUT2D eigenvalue weighted by molar-refractivity contribution is -0.128. The van der Waals surface area contributed by atoms with E-state index in [0.29, 0.717) is 11.1 Å². The molecule has 0 spiro atoms. The fraction of sp³-hybridized carbons (Fsp3) is 0.182. The standard InChI is InChI=1S/C22H24N4O7S2/c1-4-11-22(26-33-2)15-8-6-5-7-14(15)19(27)18(20(22)28)21-23-16-10-9-13(24-34(3,29)30)12-17(16)35(31,32)25-21/h4-10,12,24,26-27,31-32H,1,11H2,2-3H3,(H,23,25). The van der Waals surface area contributed by atoms with E-state index in [-0.39, 0.29) is 34.1 Å². The number of carbonyl (C=O) groups is 1. The van der Waals surface area contributed by atoms with E-state index >= 15 is 0 Å². The molecule has 13 heteroatoms. The van der Waals surface area contributed by atoms with Crippen LogP contribution in [0.25, 0.3) is 5.76 Å².